The molecule has 0 atom stereocenters. The first-order valence-electron chi connectivity index (χ1n) is 8.62. The molecule has 2 aromatic rings. The van der Waals surface area contributed by atoms with Crippen molar-refractivity contribution < 1.29 is 4.79 Å². The van der Waals surface area contributed by atoms with Gasteiger partial charge in [0, 0.05) is 51.5 Å². The number of hydrogen-bond acceptors (Lipinski definition) is 6. The Bertz CT molecular complexity index is 800. The molecule has 1 fully saturated rings. The fraction of sp³-hybridized carbons (Fsp3) is 0.444. The normalized spacial score (nSPS) is 17.7. The summed E-state index contributed by atoms with van der Waals surface area (Å²) in [4.78, 5) is 32.3. The summed E-state index contributed by atoms with van der Waals surface area (Å²) in [5, 5.41) is 0. The number of carbonyl (C=O) groups is 1. The van der Waals surface area contributed by atoms with Gasteiger partial charge in [0.25, 0.3) is 5.91 Å². The second-order valence-electron chi connectivity index (χ2n) is 6.76. The highest BCUT2D eigenvalue weighted by Crippen LogP contribution is 2.28. The highest BCUT2D eigenvalue weighted by molar-refractivity contribution is 5.92. The maximum atomic E-state index is 12.7. The van der Waals surface area contributed by atoms with Gasteiger partial charge in [-0.3, -0.25) is 9.78 Å². The molecule has 7 nitrogen and oxygen atoms in total. The second kappa shape index (κ2) is 6.40. The molecule has 2 aliphatic rings. The molecule has 0 bridgehead atoms. The van der Waals surface area contributed by atoms with Crippen LogP contribution in [0.3, 0.4) is 0 Å². The van der Waals surface area contributed by atoms with Crippen molar-refractivity contribution in [1.82, 2.24) is 24.8 Å². The van der Waals surface area contributed by atoms with Crippen LogP contribution < -0.4 is 4.90 Å². The van der Waals surface area contributed by atoms with E-state index in [-0.39, 0.29) is 5.91 Å². The zero-order valence-electron chi connectivity index (χ0n) is 14.6. The summed E-state index contributed by atoms with van der Waals surface area (Å²) in [6.07, 6.45) is 6.05. The molecular weight excluding hydrogens is 316 g/mol. The smallest absolute Gasteiger partial charge is 0.274 e. The number of piperazine rings is 1. The Kier molecular flexibility index (Phi) is 4.09. The standard InChI is InChI=1S/C18H22N6O/c1-22-5-7-24(8-6-22)18(25)16-12-19-11-15(21-16)14-9-13-3-4-23(2)17(13)20-10-14/h9-12H,3-8H2,1-2H3. The molecule has 0 aromatic carbocycles. The summed E-state index contributed by atoms with van der Waals surface area (Å²) in [7, 11) is 4.12. The Labute approximate surface area is 147 Å². The predicted octanol–water partition coefficient (Wildman–Crippen LogP) is 0.918. The molecule has 2 aliphatic heterocycles. The lowest BCUT2D eigenvalue weighted by Crippen LogP contribution is -2.47. The van der Waals surface area contributed by atoms with Crippen LogP contribution in [0.2, 0.25) is 0 Å². The van der Waals surface area contributed by atoms with E-state index < -0.39 is 0 Å². The van der Waals surface area contributed by atoms with Crippen LogP contribution in [-0.4, -0.2) is 77.5 Å². The molecule has 0 N–H and O–H groups in total. The van der Waals surface area contributed by atoms with E-state index in [9.17, 15) is 4.79 Å². The van der Waals surface area contributed by atoms with E-state index in [4.69, 9.17) is 0 Å². The summed E-state index contributed by atoms with van der Waals surface area (Å²) < 4.78 is 0. The third-order valence-electron chi connectivity index (χ3n) is 4.96. The van der Waals surface area contributed by atoms with Crippen molar-refractivity contribution in [2.75, 3.05) is 51.7 Å². The maximum absolute atomic E-state index is 12.7. The van der Waals surface area contributed by atoms with Crippen LogP contribution in [0.1, 0.15) is 16.1 Å². The topological polar surface area (TPSA) is 65.5 Å². The highest BCUT2D eigenvalue weighted by Gasteiger charge is 2.22. The van der Waals surface area contributed by atoms with E-state index in [1.807, 2.05) is 18.1 Å². The molecule has 0 aliphatic carbocycles. The van der Waals surface area contributed by atoms with E-state index in [1.54, 1.807) is 12.4 Å². The first-order valence-corrected chi connectivity index (χ1v) is 8.62. The molecule has 1 saturated heterocycles. The molecule has 4 heterocycles. The molecular formula is C18H22N6O. The van der Waals surface area contributed by atoms with Crippen molar-refractivity contribution in [2.45, 2.75) is 6.42 Å². The quantitative estimate of drug-likeness (QED) is 0.811. The van der Waals surface area contributed by atoms with Gasteiger partial charge < -0.3 is 14.7 Å². The van der Waals surface area contributed by atoms with Gasteiger partial charge in [0.05, 0.1) is 18.1 Å². The van der Waals surface area contributed by atoms with Gasteiger partial charge in [-0.15, -0.1) is 0 Å². The number of aromatic nitrogens is 3. The SMILES string of the molecule is CN1CCN(C(=O)c2cncc(-c3cnc4c(c3)CCN4C)n2)CC1. The monoisotopic (exact) mass is 338 g/mol. The fourth-order valence-electron chi connectivity index (χ4n) is 3.34. The van der Waals surface area contributed by atoms with Crippen molar-refractivity contribution in [1.29, 1.82) is 0 Å². The summed E-state index contributed by atoms with van der Waals surface area (Å²) in [6.45, 7) is 4.23. The Hall–Kier alpha value is -2.54. The van der Waals surface area contributed by atoms with E-state index >= 15 is 0 Å². The Morgan fingerprint density at radius 2 is 1.84 bits per heavy atom. The lowest BCUT2D eigenvalue weighted by Gasteiger charge is -2.32. The van der Waals surface area contributed by atoms with Crippen molar-refractivity contribution >= 4 is 11.7 Å². The number of hydrogen-bond donors (Lipinski definition) is 0. The number of rotatable bonds is 2. The van der Waals surface area contributed by atoms with Crippen LogP contribution >= 0.6 is 0 Å². The molecule has 0 spiro atoms. The zero-order valence-corrected chi connectivity index (χ0v) is 14.6. The third kappa shape index (κ3) is 3.07. The average molecular weight is 338 g/mol. The number of likely N-dealkylation sites (N-methyl/N-ethyl adjacent to an activating group) is 2. The van der Waals surface area contributed by atoms with Gasteiger partial charge in [-0.1, -0.05) is 0 Å². The van der Waals surface area contributed by atoms with Gasteiger partial charge >= 0.3 is 0 Å². The van der Waals surface area contributed by atoms with Crippen LogP contribution in [0, 0.1) is 0 Å². The van der Waals surface area contributed by atoms with Crippen molar-refractivity contribution in [2.24, 2.45) is 0 Å². The number of anilines is 1. The molecule has 2 aromatic heterocycles. The van der Waals surface area contributed by atoms with Gasteiger partial charge in [-0.05, 0) is 25.1 Å². The maximum Gasteiger partial charge on any atom is 0.274 e. The highest BCUT2D eigenvalue weighted by atomic mass is 16.2. The number of carbonyl (C=O) groups excluding carboxylic acids is 1. The largest absolute Gasteiger partial charge is 0.359 e. The van der Waals surface area contributed by atoms with E-state index in [0.717, 1.165) is 50.5 Å². The number of pyridine rings is 1. The van der Waals surface area contributed by atoms with E-state index in [2.05, 4.69) is 37.9 Å². The van der Waals surface area contributed by atoms with Crippen molar-refractivity contribution in [3.63, 3.8) is 0 Å². The average Bonchev–Trinajstić information content (AvgIpc) is 3.02. The first-order chi connectivity index (χ1) is 12.1. The molecule has 0 radical (unpaired) electrons. The zero-order chi connectivity index (χ0) is 17.4. The van der Waals surface area contributed by atoms with Gasteiger partial charge in [0.1, 0.15) is 11.5 Å². The summed E-state index contributed by atoms with van der Waals surface area (Å²) >= 11 is 0. The Morgan fingerprint density at radius 1 is 1.04 bits per heavy atom. The molecule has 0 unspecified atom stereocenters. The Balaban J connectivity index is 1.58. The van der Waals surface area contributed by atoms with Crippen LogP contribution in [0.25, 0.3) is 11.3 Å². The molecule has 0 saturated carbocycles. The lowest BCUT2D eigenvalue weighted by molar-refractivity contribution is 0.0658. The van der Waals surface area contributed by atoms with Gasteiger partial charge in [-0.25, -0.2) is 9.97 Å². The molecule has 25 heavy (non-hydrogen) atoms. The van der Waals surface area contributed by atoms with Crippen LogP contribution in [0.4, 0.5) is 5.82 Å². The predicted molar refractivity (Wildman–Crippen MR) is 95.6 cm³/mol. The fourth-order valence-corrected chi connectivity index (χ4v) is 3.34. The van der Waals surface area contributed by atoms with Crippen molar-refractivity contribution in [3.8, 4) is 11.3 Å². The molecule has 4 rings (SSSR count). The third-order valence-corrected chi connectivity index (χ3v) is 4.96. The summed E-state index contributed by atoms with van der Waals surface area (Å²) in [5.41, 5.74) is 3.23. The van der Waals surface area contributed by atoms with Gasteiger partial charge in [-0.2, -0.15) is 0 Å². The van der Waals surface area contributed by atoms with Gasteiger partial charge in [0.2, 0.25) is 0 Å². The van der Waals surface area contributed by atoms with E-state index in [1.165, 1.54) is 5.56 Å². The van der Waals surface area contributed by atoms with Crippen LogP contribution in [0.15, 0.2) is 24.7 Å². The molecule has 7 heteroatoms. The minimum absolute atomic E-state index is 0.0451. The second-order valence-corrected chi connectivity index (χ2v) is 6.76. The molecule has 130 valence electrons. The minimum atomic E-state index is -0.0451. The summed E-state index contributed by atoms with van der Waals surface area (Å²) in [5.74, 6) is 0.984. The molecule has 1 amide bonds. The Morgan fingerprint density at radius 3 is 2.64 bits per heavy atom. The minimum Gasteiger partial charge on any atom is -0.359 e. The summed E-state index contributed by atoms with van der Waals surface area (Å²) in [6, 6.07) is 2.11. The van der Waals surface area contributed by atoms with Gasteiger partial charge in [0.15, 0.2) is 0 Å². The number of amides is 1. The number of nitrogens with zero attached hydrogens (tertiary/aromatic N) is 6. The van der Waals surface area contributed by atoms with Crippen molar-refractivity contribution in [3.05, 3.63) is 35.9 Å². The number of fused-ring (bicyclic) bond motifs is 1. The first kappa shape index (κ1) is 16.0. The van der Waals surface area contributed by atoms with Crippen LogP contribution in [0.5, 0.6) is 0 Å². The van der Waals surface area contributed by atoms with E-state index in [0.29, 0.717) is 11.4 Å². The van der Waals surface area contributed by atoms with Crippen LogP contribution in [-0.2, 0) is 6.42 Å². The lowest BCUT2D eigenvalue weighted by atomic mass is 10.1.